The number of aryl methyl sites for hydroxylation is 2. The number of nitrogens with zero attached hydrogens (tertiary/aromatic N) is 2. The van der Waals surface area contributed by atoms with Crippen LogP contribution in [0.2, 0.25) is 0 Å². The van der Waals surface area contributed by atoms with E-state index in [1.54, 1.807) is 11.6 Å². The van der Waals surface area contributed by atoms with Crippen LogP contribution in [0, 0.1) is 0 Å². The number of carbonyl (C=O) groups is 1. The Morgan fingerprint density at radius 1 is 1.56 bits per heavy atom. The van der Waals surface area contributed by atoms with Crippen LogP contribution in [0.4, 0.5) is 5.82 Å². The number of anilines is 1. The fourth-order valence-corrected chi connectivity index (χ4v) is 1.91. The van der Waals surface area contributed by atoms with E-state index < -0.39 is 6.04 Å². The molecule has 16 heavy (non-hydrogen) atoms. The molecule has 1 unspecified atom stereocenters. The molecular weight excluding hydrogens is 228 g/mol. The lowest BCUT2D eigenvalue weighted by molar-refractivity contribution is -0.117. The third kappa shape index (κ3) is 2.20. The fourth-order valence-electron chi connectivity index (χ4n) is 1.91. The number of rotatable bonds is 2. The lowest BCUT2D eigenvalue weighted by Gasteiger charge is -2.09. The highest BCUT2D eigenvalue weighted by molar-refractivity contribution is 5.94. The molecule has 3 N–H and O–H groups in total. The van der Waals surface area contributed by atoms with Gasteiger partial charge in [-0.05, 0) is 26.2 Å². The van der Waals surface area contributed by atoms with Gasteiger partial charge in [0.05, 0.1) is 11.7 Å². The molecule has 1 amide bonds. The van der Waals surface area contributed by atoms with Crippen molar-refractivity contribution in [1.29, 1.82) is 0 Å². The minimum Gasteiger partial charge on any atom is -0.320 e. The summed E-state index contributed by atoms with van der Waals surface area (Å²) in [6.45, 7) is 1.67. The van der Waals surface area contributed by atoms with Crippen LogP contribution >= 0.6 is 12.4 Å². The van der Waals surface area contributed by atoms with Crippen molar-refractivity contribution in [3.8, 4) is 0 Å². The van der Waals surface area contributed by atoms with E-state index >= 15 is 0 Å². The molecule has 1 aromatic rings. The highest BCUT2D eigenvalue weighted by Crippen LogP contribution is 2.27. The van der Waals surface area contributed by atoms with Gasteiger partial charge in [-0.2, -0.15) is 5.10 Å². The molecule has 0 saturated heterocycles. The number of halogens is 1. The maximum absolute atomic E-state index is 11.5. The zero-order chi connectivity index (χ0) is 11.0. The van der Waals surface area contributed by atoms with Gasteiger partial charge in [0, 0.05) is 12.6 Å². The Morgan fingerprint density at radius 2 is 2.25 bits per heavy atom. The summed E-state index contributed by atoms with van der Waals surface area (Å²) in [6, 6.07) is -0.489. The van der Waals surface area contributed by atoms with Crippen LogP contribution in [0.15, 0.2) is 0 Å². The van der Waals surface area contributed by atoms with E-state index in [-0.39, 0.29) is 18.3 Å². The fraction of sp³-hybridized carbons (Fsp3) is 0.600. The minimum atomic E-state index is -0.489. The first-order valence-corrected chi connectivity index (χ1v) is 5.21. The van der Waals surface area contributed by atoms with Crippen molar-refractivity contribution in [3.63, 3.8) is 0 Å². The monoisotopic (exact) mass is 244 g/mol. The summed E-state index contributed by atoms with van der Waals surface area (Å²) in [6.07, 6.45) is 3.13. The molecule has 2 rings (SSSR count). The maximum atomic E-state index is 11.5. The lowest BCUT2D eigenvalue weighted by atomic mass is 10.2. The molecule has 5 nitrogen and oxygen atoms in total. The second-order valence-electron chi connectivity index (χ2n) is 4.03. The van der Waals surface area contributed by atoms with Crippen LogP contribution in [0.1, 0.15) is 24.6 Å². The van der Waals surface area contributed by atoms with Gasteiger partial charge in [-0.3, -0.25) is 9.48 Å². The van der Waals surface area contributed by atoms with Crippen LogP contribution in [0.3, 0.4) is 0 Å². The summed E-state index contributed by atoms with van der Waals surface area (Å²) in [5, 5.41) is 7.19. The molecule has 1 atom stereocenters. The van der Waals surface area contributed by atoms with Gasteiger partial charge in [0.1, 0.15) is 5.82 Å². The highest BCUT2D eigenvalue weighted by Gasteiger charge is 2.22. The SMILES string of the molecule is CC(N)C(=O)Nc1c2c(nn1C)CCC2.Cl. The first-order valence-electron chi connectivity index (χ1n) is 5.21. The van der Waals surface area contributed by atoms with Crippen LogP contribution < -0.4 is 11.1 Å². The van der Waals surface area contributed by atoms with E-state index in [1.165, 1.54) is 5.56 Å². The van der Waals surface area contributed by atoms with Gasteiger partial charge >= 0.3 is 0 Å². The third-order valence-electron chi connectivity index (χ3n) is 2.72. The van der Waals surface area contributed by atoms with Crippen LogP contribution in [-0.4, -0.2) is 21.7 Å². The topological polar surface area (TPSA) is 72.9 Å². The molecule has 1 aliphatic carbocycles. The van der Waals surface area contributed by atoms with Crippen LogP contribution in [0.25, 0.3) is 0 Å². The lowest BCUT2D eigenvalue weighted by Crippen LogP contribution is -2.33. The highest BCUT2D eigenvalue weighted by atomic mass is 35.5. The van der Waals surface area contributed by atoms with Crippen molar-refractivity contribution in [2.45, 2.75) is 32.2 Å². The number of hydrogen-bond acceptors (Lipinski definition) is 3. The number of fused-ring (bicyclic) bond motifs is 1. The second-order valence-corrected chi connectivity index (χ2v) is 4.03. The van der Waals surface area contributed by atoms with E-state index in [0.29, 0.717) is 0 Å². The predicted molar refractivity (Wildman–Crippen MR) is 64.8 cm³/mol. The summed E-state index contributed by atoms with van der Waals surface area (Å²) in [5.41, 5.74) is 7.79. The zero-order valence-corrected chi connectivity index (χ0v) is 10.3. The summed E-state index contributed by atoms with van der Waals surface area (Å²) < 4.78 is 1.73. The quantitative estimate of drug-likeness (QED) is 0.801. The minimum absolute atomic E-state index is 0. The number of nitrogens with two attached hydrogens (primary N) is 1. The zero-order valence-electron chi connectivity index (χ0n) is 9.49. The first-order chi connectivity index (χ1) is 7.09. The average molecular weight is 245 g/mol. The van der Waals surface area contributed by atoms with Gasteiger partial charge in [0.25, 0.3) is 0 Å². The Bertz CT molecular complexity index is 400. The van der Waals surface area contributed by atoms with Gasteiger partial charge < -0.3 is 11.1 Å². The van der Waals surface area contributed by atoms with Gasteiger partial charge in [-0.15, -0.1) is 12.4 Å². The molecule has 0 aliphatic heterocycles. The Kier molecular flexibility index (Phi) is 3.93. The molecule has 6 heteroatoms. The molecule has 0 radical (unpaired) electrons. The Labute approximate surface area is 101 Å². The molecule has 0 bridgehead atoms. The third-order valence-corrected chi connectivity index (χ3v) is 2.72. The van der Waals surface area contributed by atoms with Crippen molar-refractivity contribution < 1.29 is 4.79 Å². The molecule has 0 aromatic carbocycles. The molecular formula is C10H17ClN4O. The summed E-state index contributed by atoms with van der Waals surface area (Å²) in [7, 11) is 1.84. The van der Waals surface area contributed by atoms with Gasteiger partial charge in [-0.25, -0.2) is 0 Å². The number of amides is 1. The largest absolute Gasteiger partial charge is 0.320 e. The van der Waals surface area contributed by atoms with E-state index in [0.717, 1.165) is 30.8 Å². The second kappa shape index (κ2) is 4.84. The predicted octanol–water partition coefficient (Wildman–Crippen LogP) is 0.616. The van der Waals surface area contributed by atoms with E-state index in [9.17, 15) is 4.79 Å². The number of carbonyl (C=O) groups excluding carboxylic acids is 1. The van der Waals surface area contributed by atoms with Crippen molar-refractivity contribution in [2.24, 2.45) is 12.8 Å². The van der Waals surface area contributed by atoms with Gasteiger partial charge in [-0.1, -0.05) is 0 Å². The van der Waals surface area contributed by atoms with E-state index in [2.05, 4.69) is 10.4 Å². The molecule has 0 fully saturated rings. The number of aromatic nitrogens is 2. The molecule has 90 valence electrons. The molecule has 0 saturated carbocycles. The molecule has 1 aliphatic rings. The van der Waals surface area contributed by atoms with Crippen molar-refractivity contribution in [1.82, 2.24) is 9.78 Å². The Morgan fingerprint density at radius 3 is 2.88 bits per heavy atom. The van der Waals surface area contributed by atoms with Crippen molar-refractivity contribution in [2.75, 3.05) is 5.32 Å². The average Bonchev–Trinajstić information content (AvgIpc) is 2.69. The number of nitrogens with one attached hydrogen (secondary N) is 1. The smallest absolute Gasteiger partial charge is 0.242 e. The Balaban J connectivity index is 0.00000128. The van der Waals surface area contributed by atoms with Crippen LogP contribution in [0.5, 0.6) is 0 Å². The molecule has 1 heterocycles. The number of hydrogen-bond donors (Lipinski definition) is 2. The van der Waals surface area contributed by atoms with E-state index in [1.807, 2.05) is 7.05 Å². The summed E-state index contributed by atoms with van der Waals surface area (Å²) >= 11 is 0. The Hall–Kier alpha value is -1.07. The standard InChI is InChI=1S/C10H16N4O.ClH/c1-6(11)10(15)12-9-7-4-3-5-8(7)13-14(9)2;/h6H,3-5,11H2,1-2H3,(H,12,15);1H. The maximum Gasteiger partial charge on any atom is 0.242 e. The molecule has 1 aromatic heterocycles. The van der Waals surface area contributed by atoms with Gasteiger partial charge in [0.2, 0.25) is 5.91 Å². The first kappa shape index (κ1) is 13.0. The van der Waals surface area contributed by atoms with E-state index in [4.69, 9.17) is 5.73 Å². The summed E-state index contributed by atoms with van der Waals surface area (Å²) in [5.74, 6) is 0.650. The summed E-state index contributed by atoms with van der Waals surface area (Å²) in [4.78, 5) is 11.5. The molecule has 0 spiro atoms. The van der Waals surface area contributed by atoms with Crippen LogP contribution in [-0.2, 0) is 24.7 Å². The normalized spacial score (nSPS) is 15.2. The van der Waals surface area contributed by atoms with Crippen molar-refractivity contribution >= 4 is 24.1 Å². The van der Waals surface area contributed by atoms with Crippen molar-refractivity contribution in [3.05, 3.63) is 11.3 Å². The van der Waals surface area contributed by atoms with Gasteiger partial charge in [0.15, 0.2) is 0 Å².